The van der Waals surface area contributed by atoms with Gasteiger partial charge in [0.15, 0.2) is 0 Å². The fourth-order valence-corrected chi connectivity index (χ4v) is 6.67. The summed E-state index contributed by atoms with van der Waals surface area (Å²) in [5.41, 5.74) is 4.79. The van der Waals surface area contributed by atoms with E-state index >= 15 is 0 Å². The summed E-state index contributed by atoms with van der Waals surface area (Å²) in [7, 11) is 0. The van der Waals surface area contributed by atoms with Gasteiger partial charge in [-0.05, 0) is 59.3 Å². The van der Waals surface area contributed by atoms with Crippen molar-refractivity contribution in [3.63, 3.8) is 0 Å². The summed E-state index contributed by atoms with van der Waals surface area (Å²) in [4.78, 5) is 38.2. The highest BCUT2D eigenvalue weighted by Gasteiger charge is 2.60. The van der Waals surface area contributed by atoms with Gasteiger partial charge in [0.2, 0.25) is 5.91 Å². The number of carbonyl (C=O) groups is 3. The zero-order valence-corrected chi connectivity index (χ0v) is 19.6. The van der Waals surface area contributed by atoms with Crippen molar-refractivity contribution >= 4 is 18.0 Å². The van der Waals surface area contributed by atoms with Crippen LogP contribution < -0.4 is 5.32 Å². The first-order chi connectivity index (χ1) is 17.0. The van der Waals surface area contributed by atoms with E-state index in [9.17, 15) is 14.4 Å². The van der Waals surface area contributed by atoms with Gasteiger partial charge in [0.25, 0.3) is 0 Å². The maximum atomic E-state index is 12.7. The number of likely N-dealkylation sites (tertiary alicyclic amines) is 1. The lowest BCUT2D eigenvalue weighted by molar-refractivity contribution is -0.141. The Labute approximate surface area is 204 Å². The normalized spacial score (nSPS) is 28.2. The van der Waals surface area contributed by atoms with Crippen LogP contribution in [0.4, 0.5) is 4.79 Å². The number of hydrogen-bond acceptors (Lipinski definition) is 4. The number of benzene rings is 2. The number of hydrogen-bond donors (Lipinski definition) is 2. The van der Waals surface area contributed by atoms with Crippen LogP contribution in [-0.2, 0) is 14.3 Å². The van der Waals surface area contributed by atoms with Gasteiger partial charge in [-0.2, -0.15) is 0 Å². The third-order valence-corrected chi connectivity index (χ3v) is 8.50. The van der Waals surface area contributed by atoms with Gasteiger partial charge in [0.05, 0.1) is 5.92 Å². The minimum Gasteiger partial charge on any atom is -0.481 e. The molecule has 0 bridgehead atoms. The quantitative estimate of drug-likeness (QED) is 0.663. The molecule has 3 fully saturated rings. The second-order valence-corrected chi connectivity index (χ2v) is 10.5. The lowest BCUT2D eigenvalue weighted by atomic mass is 9.98. The number of ether oxygens (including phenoxy) is 1. The van der Waals surface area contributed by atoms with Crippen LogP contribution in [0.5, 0.6) is 0 Å². The number of carbonyl (C=O) groups excluding carboxylic acids is 2. The van der Waals surface area contributed by atoms with Crippen molar-refractivity contribution in [2.75, 3.05) is 19.7 Å². The number of nitrogens with one attached hydrogen (secondary N) is 1. The standard InChI is InChI=1S/C28H30N2O5/c31-25(30-13-22-23(14-30)26(22)27(32)33)12-16-9-10-17(11-16)29-28(34)35-15-24-20-7-3-1-5-18(20)19-6-2-4-8-21(19)24/h1-8,16-17,22-24,26H,9-15H2,(H,29,34)(H,32,33)/t16-,17+,22?,23?,26?/m1/s1. The van der Waals surface area contributed by atoms with Crippen LogP contribution in [0.2, 0.25) is 0 Å². The summed E-state index contributed by atoms with van der Waals surface area (Å²) in [5.74, 6) is -0.302. The number of aliphatic carboxylic acids is 1. The van der Waals surface area contributed by atoms with Gasteiger partial charge in [-0.3, -0.25) is 9.59 Å². The van der Waals surface area contributed by atoms with Crippen molar-refractivity contribution in [3.05, 3.63) is 59.7 Å². The average Bonchev–Trinajstić information content (AvgIpc) is 3.17. The predicted octanol–water partition coefficient (Wildman–Crippen LogP) is 3.87. The molecule has 4 atom stereocenters. The van der Waals surface area contributed by atoms with E-state index < -0.39 is 12.1 Å². The van der Waals surface area contributed by atoms with Crippen molar-refractivity contribution in [3.8, 4) is 11.1 Å². The lowest BCUT2D eigenvalue weighted by Gasteiger charge is -2.21. The first-order valence-corrected chi connectivity index (χ1v) is 12.6. The summed E-state index contributed by atoms with van der Waals surface area (Å²) in [6.07, 6.45) is 2.59. The monoisotopic (exact) mass is 474 g/mol. The SMILES string of the molecule is O=C(N[C@H]1CC[C@@H](CC(=O)N2CC3C(C2)C3C(=O)O)C1)OCC1c2ccccc2-c2ccccc21. The molecule has 1 aliphatic heterocycles. The van der Waals surface area contributed by atoms with Gasteiger partial charge < -0.3 is 20.1 Å². The van der Waals surface area contributed by atoms with E-state index in [1.165, 1.54) is 22.3 Å². The smallest absolute Gasteiger partial charge is 0.407 e. The topological polar surface area (TPSA) is 95.9 Å². The number of fused-ring (bicyclic) bond motifs is 4. The highest BCUT2D eigenvalue weighted by Crippen LogP contribution is 2.52. The maximum Gasteiger partial charge on any atom is 0.407 e. The Morgan fingerprint density at radius 2 is 1.57 bits per heavy atom. The molecule has 2 saturated carbocycles. The molecular formula is C28H30N2O5. The Bertz CT molecular complexity index is 1120. The number of carboxylic acids is 1. The van der Waals surface area contributed by atoms with E-state index in [1.807, 2.05) is 29.2 Å². The number of rotatable bonds is 6. The van der Waals surface area contributed by atoms with E-state index in [0.717, 1.165) is 19.3 Å². The third kappa shape index (κ3) is 4.07. The van der Waals surface area contributed by atoms with Crippen LogP contribution in [0.15, 0.2) is 48.5 Å². The molecule has 2 aromatic carbocycles. The minimum absolute atomic E-state index is 0.0202. The molecule has 4 aliphatic rings. The largest absolute Gasteiger partial charge is 0.481 e. The Morgan fingerprint density at radius 1 is 0.943 bits per heavy atom. The Balaban J connectivity index is 0.972. The zero-order valence-electron chi connectivity index (χ0n) is 19.6. The average molecular weight is 475 g/mol. The van der Waals surface area contributed by atoms with Crippen LogP contribution in [0.3, 0.4) is 0 Å². The van der Waals surface area contributed by atoms with E-state index in [4.69, 9.17) is 9.84 Å². The molecule has 0 radical (unpaired) electrons. The number of carboxylic acid groups (broad SMARTS) is 1. The van der Waals surface area contributed by atoms with Gasteiger partial charge >= 0.3 is 12.1 Å². The van der Waals surface area contributed by atoms with Gasteiger partial charge in [0, 0.05) is 31.5 Å². The van der Waals surface area contributed by atoms with Crippen LogP contribution in [-0.4, -0.2) is 53.7 Å². The first kappa shape index (κ1) is 22.1. The van der Waals surface area contributed by atoms with E-state index in [-0.39, 0.29) is 41.5 Å². The Kier molecular flexibility index (Phi) is 5.50. The molecule has 3 aliphatic carbocycles. The summed E-state index contributed by atoms with van der Waals surface area (Å²) in [5, 5.41) is 12.2. The second kappa shape index (κ2) is 8.70. The van der Waals surface area contributed by atoms with Crippen LogP contribution in [0.25, 0.3) is 11.1 Å². The van der Waals surface area contributed by atoms with Gasteiger partial charge in [-0.15, -0.1) is 0 Å². The number of alkyl carbamates (subject to hydrolysis) is 1. The van der Waals surface area contributed by atoms with E-state index in [1.54, 1.807) is 0 Å². The van der Waals surface area contributed by atoms with E-state index in [2.05, 4.69) is 29.6 Å². The van der Waals surface area contributed by atoms with Gasteiger partial charge in [-0.25, -0.2) is 4.79 Å². The molecule has 7 heteroatoms. The highest BCUT2D eigenvalue weighted by molar-refractivity contribution is 5.80. The maximum absolute atomic E-state index is 12.7. The van der Waals surface area contributed by atoms with Crippen molar-refractivity contribution in [1.82, 2.24) is 10.2 Å². The molecule has 2 aromatic rings. The Morgan fingerprint density at radius 3 is 2.20 bits per heavy atom. The molecule has 2 amide bonds. The molecule has 0 aromatic heterocycles. The van der Waals surface area contributed by atoms with Crippen molar-refractivity contribution in [2.24, 2.45) is 23.7 Å². The molecular weight excluding hydrogens is 444 g/mol. The molecule has 0 spiro atoms. The van der Waals surface area contributed by atoms with Crippen LogP contribution in [0.1, 0.15) is 42.7 Å². The van der Waals surface area contributed by atoms with Crippen LogP contribution >= 0.6 is 0 Å². The summed E-state index contributed by atoms with van der Waals surface area (Å²) >= 11 is 0. The molecule has 7 nitrogen and oxygen atoms in total. The van der Waals surface area contributed by atoms with Gasteiger partial charge in [0.1, 0.15) is 6.61 Å². The summed E-state index contributed by atoms with van der Waals surface area (Å²) < 4.78 is 5.67. The predicted molar refractivity (Wildman–Crippen MR) is 129 cm³/mol. The fourth-order valence-electron chi connectivity index (χ4n) is 6.67. The fraction of sp³-hybridized carbons (Fsp3) is 0.464. The minimum atomic E-state index is -0.731. The molecule has 2 unspecified atom stereocenters. The summed E-state index contributed by atoms with van der Waals surface area (Å²) in [6.45, 7) is 1.45. The summed E-state index contributed by atoms with van der Waals surface area (Å²) in [6, 6.07) is 16.6. The van der Waals surface area contributed by atoms with Crippen LogP contribution in [0, 0.1) is 23.7 Å². The van der Waals surface area contributed by atoms with Gasteiger partial charge in [-0.1, -0.05) is 48.5 Å². The molecule has 35 heavy (non-hydrogen) atoms. The lowest BCUT2D eigenvalue weighted by Crippen LogP contribution is -2.35. The molecule has 1 saturated heterocycles. The van der Waals surface area contributed by atoms with E-state index in [0.29, 0.717) is 26.1 Å². The molecule has 6 rings (SSSR count). The second-order valence-electron chi connectivity index (χ2n) is 10.5. The number of amides is 2. The zero-order chi connectivity index (χ0) is 24.1. The highest BCUT2D eigenvalue weighted by atomic mass is 16.5. The van der Waals surface area contributed by atoms with Crippen molar-refractivity contribution in [2.45, 2.75) is 37.6 Å². The Hall–Kier alpha value is -3.35. The first-order valence-electron chi connectivity index (χ1n) is 12.6. The van der Waals surface area contributed by atoms with Crippen molar-refractivity contribution < 1.29 is 24.2 Å². The van der Waals surface area contributed by atoms with Crippen molar-refractivity contribution in [1.29, 1.82) is 0 Å². The number of piperidine rings is 1. The molecule has 2 N–H and O–H groups in total. The third-order valence-electron chi connectivity index (χ3n) is 8.50. The molecule has 182 valence electrons. The number of nitrogens with zero attached hydrogens (tertiary/aromatic N) is 1. The molecule has 1 heterocycles.